The number of carbonyl (C=O) groups is 2. The Morgan fingerprint density at radius 2 is 1.94 bits per heavy atom. The molecule has 104 valence electrons. The van der Waals surface area contributed by atoms with Gasteiger partial charge < -0.3 is 5.73 Å². The summed E-state index contributed by atoms with van der Waals surface area (Å²) in [6.45, 7) is 8.90. The van der Waals surface area contributed by atoms with Gasteiger partial charge in [-0.25, -0.2) is 4.79 Å². The van der Waals surface area contributed by atoms with Crippen molar-refractivity contribution in [3.05, 3.63) is 0 Å². The molecule has 0 aliphatic carbocycles. The largest absolute Gasteiger partial charge is 0.351 e. The van der Waals surface area contributed by atoms with Gasteiger partial charge >= 0.3 is 6.03 Å². The van der Waals surface area contributed by atoms with Gasteiger partial charge in [0.25, 0.3) is 0 Å². The van der Waals surface area contributed by atoms with E-state index in [1.54, 1.807) is 0 Å². The average Bonchev–Trinajstić information content (AvgIpc) is 2.40. The quantitative estimate of drug-likeness (QED) is 0.781. The normalized spacial score (nSPS) is 22.3. The Bertz CT molecular complexity index is 310. The van der Waals surface area contributed by atoms with Crippen molar-refractivity contribution < 1.29 is 9.59 Å². The van der Waals surface area contributed by atoms with E-state index in [4.69, 9.17) is 5.73 Å². The van der Waals surface area contributed by atoms with Gasteiger partial charge in [-0.15, -0.1) is 0 Å². The van der Waals surface area contributed by atoms with Gasteiger partial charge in [0.2, 0.25) is 5.91 Å². The maximum atomic E-state index is 11.5. The highest BCUT2D eigenvalue weighted by Crippen LogP contribution is 2.34. The molecular weight excluding hydrogens is 230 g/mol. The summed E-state index contributed by atoms with van der Waals surface area (Å²) in [6.07, 6.45) is 3.41. The van der Waals surface area contributed by atoms with Crippen LogP contribution < -0.4 is 11.1 Å². The number of hydrogen-bond acceptors (Lipinski definition) is 3. The predicted octanol–water partition coefficient (Wildman–Crippen LogP) is 1.33. The highest BCUT2D eigenvalue weighted by molar-refractivity contribution is 5.94. The van der Waals surface area contributed by atoms with Gasteiger partial charge in [-0.2, -0.15) is 0 Å². The lowest BCUT2D eigenvalue weighted by Gasteiger charge is -2.29. The number of nitrogens with zero attached hydrogens (tertiary/aromatic N) is 1. The van der Waals surface area contributed by atoms with Gasteiger partial charge in [0.05, 0.1) is 6.54 Å². The Hall–Kier alpha value is -1.10. The van der Waals surface area contributed by atoms with Crippen molar-refractivity contribution in [3.63, 3.8) is 0 Å². The summed E-state index contributed by atoms with van der Waals surface area (Å²) in [4.78, 5) is 24.1. The number of carbonyl (C=O) groups excluding carboxylic acids is 2. The molecule has 3 amide bonds. The first-order valence-corrected chi connectivity index (χ1v) is 6.60. The first-order valence-electron chi connectivity index (χ1n) is 6.60. The van der Waals surface area contributed by atoms with Crippen LogP contribution in [0.3, 0.4) is 0 Å². The van der Waals surface area contributed by atoms with Crippen LogP contribution in [0.1, 0.15) is 40.0 Å². The number of imide groups is 1. The SMILES string of the molecule is CC(C)(C)C1CCCN(CC(=O)NC(N)=O)CC1. The van der Waals surface area contributed by atoms with Crippen LogP contribution in [-0.2, 0) is 4.79 Å². The van der Waals surface area contributed by atoms with Crippen molar-refractivity contribution in [1.82, 2.24) is 10.2 Å². The second-order valence-electron chi connectivity index (χ2n) is 6.18. The summed E-state index contributed by atoms with van der Waals surface area (Å²) >= 11 is 0. The van der Waals surface area contributed by atoms with Gasteiger partial charge in [-0.3, -0.25) is 15.0 Å². The highest BCUT2D eigenvalue weighted by Gasteiger charge is 2.27. The van der Waals surface area contributed by atoms with Crippen molar-refractivity contribution in [3.8, 4) is 0 Å². The van der Waals surface area contributed by atoms with Crippen LogP contribution in [0.5, 0.6) is 0 Å². The molecule has 1 aliphatic rings. The molecule has 1 rings (SSSR count). The van der Waals surface area contributed by atoms with Gasteiger partial charge in [-0.1, -0.05) is 20.8 Å². The van der Waals surface area contributed by atoms with E-state index in [-0.39, 0.29) is 12.5 Å². The molecule has 5 heteroatoms. The molecular formula is C13H25N3O2. The zero-order valence-corrected chi connectivity index (χ0v) is 11.7. The number of nitrogens with two attached hydrogens (primary N) is 1. The van der Waals surface area contributed by atoms with E-state index in [9.17, 15) is 9.59 Å². The summed E-state index contributed by atoms with van der Waals surface area (Å²) < 4.78 is 0. The van der Waals surface area contributed by atoms with Crippen molar-refractivity contribution in [1.29, 1.82) is 0 Å². The van der Waals surface area contributed by atoms with Crippen LogP contribution in [0.25, 0.3) is 0 Å². The van der Waals surface area contributed by atoms with Crippen molar-refractivity contribution >= 4 is 11.9 Å². The smallest absolute Gasteiger partial charge is 0.318 e. The van der Waals surface area contributed by atoms with E-state index in [0.29, 0.717) is 11.3 Å². The van der Waals surface area contributed by atoms with Crippen molar-refractivity contribution in [2.75, 3.05) is 19.6 Å². The van der Waals surface area contributed by atoms with Crippen molar-refractivity contribution in [2.24, 2.45) is 17.1 Å². The second kappa shape index (κ2) is 6.18. The maximum absolute atomic E-state index is 11.5. The third kappa shape index (κ3) is 5.04. The van der Waals surface area contributed by atoms with Crippen LogP contribution in [-0.4, -0.2) is 36.5 Å². The molecule has 0 saturated carbocycles. The molecule has 0 spiro atoms. The fourth-order valence-corrected chi connectivity index (χ4v) is 2.56. The van der Waals surface area contributed by atoms with E-state index in [2.05, 4.69) is 31.0 Å². The Morgan fingerprint density at radius 1 is 1.28 bits per heavy atom. The lowest BCUT2D eigenvalue weighted by Crippen LogP contribution is -2.42. The summed E-state index contributed by atoms with van der Waals surface area (Å²) in [7, 11) is 0. The molecule has 0 aromatic heterocycles. The number of urea groups is 1. The Kier molecular flexibility index (Phi) is 5.14. The molecule has 18 heavy (non-hydrogen) atoms. The van der Waals surface area contributed by atoms with Crippen LogP contribution in [0.2, 0.25) is 0 Å². The zero-order valence-electron chi connectivity index (χ0n) is 11.7. The lowest BCUT2D eigenvalue weighted by molar-refractivity contribution is -0.121. The van der Waals surface area contributed by atoms with Gasteiger partial charge in [0.1, 0.15) is 0 Å². The Morgan fingerprint density at radius 3 is 2.50 bits per heavy atom. The summed E-state index contributed by atoms with van der Waals surface area (Å²) in [5.74, 6) is 0.387. The number of primary amides is 1. The number of amides is 3. The molecule has 1 aliphatic heterocycles. The van der Waals surface area contributed by atoms with Crippen LogP contribution in [0.4, 0.5) is 4.79 Å². The zero-order chi connectivity index (χ0) is 13.8. The monoisotopic (exact) mass is 255 g/mol. The summed E-state index contributed by atoms with van der Waals surface area (Å²) in [5.41, 5.74) is 5.24. The first kappa shape index (κ1) is 15.0. The Labute approximate surface area is 109 Å². The van der Waals surface area contributed by atoms with E-state index in [1.807, 2.05) is 0 Å². The molecule has 1 unspecified atom stereocenters. The lowest BCUT2D eigenvalue weighted by atomic mass is 9.77. The van der Waals surface area contributed by atoms with Crippen LogP contribution in [0.15, 0.2) is 0 Å². The minimum atomic E-state index is -0.776. The first-order chi connectivity index (χ1) is 8.29. The number of rotatable bonds is 2. The molecule has 1 atom stereocenters. The molecule has 5 nitrogen and oxygen atoms in total. The minimum absolute atomic E-state index is 0.264. The number of nitrogens with one attached hydrogen (secondary N) is 1. The number of likely N-dealkylation sites (tertiary alicyclic amines) is 1. The Balaban J connectivity index is 2.42. The highest BCUT2D eigenvalue weighted by atomic mass is 16.2. The van der Waals surface area contributed by atoms with E-state index in [0.717, 1.165) is 25.9 Å². The summed E-state index contributed by atoms with van der Waals surface area (Å²) in [6, 6.07) is -0.776. The standard InChI is InChI=1S/C13H25N3O2/c1-13(2,3)10-5-4-7-16(8-6-10)9-11(17)15-12(14)18/h10H,4-9H2,1-3H3,(H3,14,15,17,18). The van der Waals surface area contributed by atoms with Crippen LogP contribution in [0, 0.1) is 11.3 Å². The second-order valence-corrected chi connectivity index (χ2v) is 6.18. The third-order valence-electron chi connectivity index (χ3n) is 3.68. The molecule has 1 fully saturated rings. The fraction of sp³-hybridized carbons (Fsp3) is 0.846. The molecule has 1 heterocycles. The van der Waals surface area contributed by atoms with Crippen LogP contribution >= 0.6 is 0 Å². The van der Waals surface area contributed by atoms with Crippen molar-refractivity contribution in [2.45, 2.75) is 40.0 Å². The predicted molar refractivity (Wildman–Crippen MR) is 71.0 cm³/mol. The average molecular weight is 255 g/mol. The van der Waals surface area contributed by atoms with Gasteiger partial charge in [0, 0.05) is 0 Å². The molecule has 0 aromatic rings. The molecule has 0 aromatic carbocycles. The maximum Gasteiger partial charge on any atom is 0.318 e. The third-order valence-corrected chi connectivity index (χ3v) is 3.68. The van der Waals surface area contributed by atoms with E-state index in [1.165, 1.54) is 6.42 Å². The molecule has 0 bridgehead atoms. The van der Waals surface area contributed by atoms with Gasteiger partial charge in [0.15, 0.2) is 0 Å². The molecule has 1 saturated heterocycles. The minimum Gasteiger partial charge on any atom is -0.351 e. The molecule has 0 radical (unpaired) electrons. The fourth-order valence-electron chi connectivity index (χ4n) is 2.56. The summed E-state index contributed by atoms with van der Waals surface area (Å²) in [5, 5.41) is 2.11. The topological polar surface area (TPSA) is 75.4 Å². The molecule has 3 N–H and O–H groups in total. The van der Waals surface area contributed by atoms with E-state index >= 15 is 0 Å². The number of hydrogen-bond donors (Lipinski definition) is 2. The van der Waals surface area contributed by atoms with Gasteiger partial charge in [-0.05, 0) is 43.7 Å². The van der Waals surface area contributed by atoms with E-state index < -0.39 is 6.03 Å².